The Kier molecular flexibility index (Phi) is 4.20. The fraction of sp³-hybridized carbons (Fsp3) is 0.389. The van der Waals surface area contributed by atoms with Gasteiger partial charge in [0.25, 0.3) is 0 Å². The van der Waals surface area contributed by atoms with Crippen LogP contribution in [0.5, 0.6) is 5.75 Å². The third kappa shape index (κ3) is 3.42. The minimum absolute atomic E-state index is 0.179. The van der Waals surface area contributed by atoms with Gasteiger partial charge in [-0.3, -0.25) is 4.98 Å². The van der Waals surface area contributed by atoms with Crippen LogP contribution in [-0.4, -0.2) is 17.6 Å². The van der Waals surface area contributed by atoms with Crippen molar-refractivity contribution in [2.24, 2.45) is 0 Å². The summed E-state index contributed by atoms with van der Waals surface area (Å²) in [4.78, 5) is 4.41. The second-order valence-electron chi connectivity index (χ2n) is 5.55. The molecule has 1 unspecified atom stereocenters. The number of pyridine rings is 1. The molecular formula is C18H22N2O. The van der Waals surface area contributed by atoms with Gasteiger partial charge >= 0.3 is 0 Å². The Balaban J connectivity index is 1.84. The Morgan fingerprint density at radius 3 is 2.62 bits per heavy atom. The number of ether oxygens (including phenoxy) is 1. The molecule has 1 aliphatic carbocycles. The summed E-state index contributed by atoms with van der Waals surface area (Å²) in [6, 6.07) is 12.8. The zero-order chi connectivity index (χ0) is 14.7. The maximum absolute atomic E-state index is 5.82. The van der Waals surface area contributed by atoms with Crippen molar-refractivity contribution in [1.29, 1.82) is 0 Å². The molecule has 3 nitrogen and oxygen atoms in total. The molecule has 0 radical (unpaired) electrons. The minimum Gasteiger partial charge on any atom is -0.490 e. The van der Waals surface area contributed by atoms with Crippen LogP contribution in [0.4, 0.5) is 0 Å². The van der Waals surface area contributed by atoms with Crippen molar-refractivity contribution in [2.75, 3.05) is 6.54 Å². The molecular weight excluding hydrogens is 260 g/mol. The molecule has 1 heterocycles. The predicted molar refractivity (Wildman–Crippen MR) is 84.6 cm³/mol. The first kappa shape index (κ1) is 14.1. The highest BCUT2D eigenvalue weighted by atomic mass is 16.5. The predicted octanol–water partition coefficient (Wildman–Crippen LogP) is 3.63. The summed E-state index contributed by atoms with van der Waals surface area (Å²) >= 11 is 0. The minimum atomic E-state index is 0.179. The number of aromatic nitrogens is 1. The van der Waals surface area contributed by atoms with Gasteiger partial charge in [-0.15, -0.1) is 0 Å². The molecule has 0 saturated heterocycles. The highest BCUT2D eigenvalue weighted by Crippen LogP contribution is 2.29. The summed E-state index contributed by atoms with van der Waals surface area (Å²) in [5.74, 6) is 0.972. The van der Waals surface area contributed by atoms with E-state index >= 15 is 0 Å². The van der Waals surface area contributed by atoms with E-state index in [1.165, 1.54) is 24.0 Å². The quantitative estimate of drug-likeness (QED) is 0.878. The molecule has 0 spiro atoms. The number of nitrogens with zero attached hydrogens (tertiary/aromatic N) is 1. The number of benzene rings is 1. The summed E-state index contributed by atoms with van der Waals surface area (Å²) in [6.45, 7) is 5.10. The van der Waals surface area contributed by atoms with Crippen molar-refractivity contribution >= 4 is 0 Å². The van der Waals surface area contributed by atoms with Crippen LogP contribution < -0.4 is 10.1 Å². The van der Waals surface area contributed by atoms with Crippen LogP contribution in [-0.2, 0) is 0 Å². The molecule has 1 N–H and O–H groups in total. The summed E-state index contributed by atoms with van der Waals surface area (Å²) < 4.78 is 5.82. The average Bonchev–Trinajstić information content (AvgIpc) is 3.31. The second-order valence-corrected chi connectivity index (χ2v) is 5.55. The molecule has 1 aromatic carbocycles. The Labute approximate surface area is 126 Å². The van der Waals surface area contributed by atoms with Crippen molar-refractivity contribution in [3.8, 4) is 5.75 Å². The highest BCUT2D eigenvalue weighted by molar-refractivity contribution is 5.37. The largest absolute Gasteiger partial charge is 0.490 e. The fourth-order valence-corrected chi connectivity index (χ4v) is 2.53. The number of hydrogen-bond donors (Lipinski definition) is 1. The highest BCUT2D eigenvalue weighted by Gasteiger charge is 2.23. The Bertz CT molecular complexity index is 590. The van der Waals surface area contributed by atoms with Gasteiger partial charge in [0.05, 0.1) is 12.1 Å². The summed E-state index contributed by atoms with van der Waals surface area (Å²) in [5.41, 5.74) is 3.55. The van der Waals surface area contributed by atoms with Crippen molar-refractivity contribution in [2.45, 2.75) is 38.8 Å². The SMILES string of the molecule is CCNC(c1ccc(OC2CC2)cc1)c1cccnc1C. The lowest BCUT2D eigenvalue weighted by molar-refractivity contribution is 0.303. The Morgan fingerprint density at radius 1 is 1.24 bits per heavy atom. The van der Waals surface area contributed by atoms with Gasteiger partial charge in [-0.2, -0.15) is 0 Å². The molecule has 2 aromatic rings. The van der Waals surface area contributed by atoms with E-state index in [1.54, 1.807) is 0 Å². The molecule has 0 bridgehead atoms. The average molecular weight is 282 g/mol. The van der Waals surface area contributed by atoms with Crippen LogP contribution >= 0.6 is 0 Å². The molecule has 110 valence electrons. The van der Waals surface area contributed by atoms with E-state index in [4.69, 9.17) is 4.74 Å². The molecule has 3 rings (SSSR count). The third-order valence-corrected chi connectivity index (χ3v) is 3.81. The number of aryl methyl sites for hydroxylation is 1. The van der Waals surface area contributed by atoms with Gasteiger partial charge in [0.15, 0.2) is 0 Å². The van der Waals surface area contributed by atoms with E-state index in [2.05, 4.69) is 54.5 Å². The molecule has 1 atom stereocenters. The zero-order valence-corrected chi connectivity index (χ0v) is 12.7. The van der Waals surface area contributed by atoms with Gasteiger partial charge in [0.2, 0.25) is 0 Å². The Morgan fingerprint density at radius 2 is 2.00 bits per heavy atom. The molecule has 1 aromatic heterocycles. The van der Waals surface area contributed by atoms with E-state index in [0.29, 0.717) is 6.10 Å². The van der Waals surface area contributed by atoms with Crippen LogP contribution in [0.1, 0.15) is 42.6 Å². The normalized spacial score (nSPS) is 15.7. The van der Waals surface area contributed by atoms with Gasteiger partial charge in [0, 0.05) is 11.9 Å². The lowest BCUT2D eigenvalue weighted by Crippen LogP contribution is -2.23. The van der Waals surface area contributed by atoms with Gasteiger partial charge in [-0.25, -0.2) is 0 Å². The monoisotopic (exact) mass is 282 g/mol. The summed E-state index contributed by atoms with van der Waals surface area (Å²) in [7, 11) is 0. The van der Waals surface area contributed by atoms with Gasteiger partial charge in [-0.1, -0.05) is 25.1 Å². The summed E-state index contributed by atoms with van der Waals surface area (Å²) in [6.07, 6.45) is 4.67. The van der Waals surface area contributed by atoms with E-state index in [0.717, 1.165) is 18.0 Å². The maximum Gasteiger partial charge on any atom is 0.119 e. The third-order valence-electron chi connectivity index (χ3n) is 3.81. The van der Waals surface area contributed by atoms with Crippen molar-refractivity contribution < 1.29 is 4.74 Å². The molecule has 1 aliphatic rings. The fourth-order valence-electron chi connectivity index (χ4n) is 2.53. The van der Waals surface area contributed by atoms with Crippen LogP contribution in [0.3, 0.4) is 0 Å². The number of hydrogen-bond acceptors (Lipinski definition) is 3. The second kappa shape index (κ2) is 6.27. The van der Waals surface area contributed by atoms with Crippen molar-refractivity contribution in [1.82, 2.24) is 10.3 Å². The van der Waals surface area contributed by atoms with Crippen LogP contribution in [0, 0.1) is 6.92 Å². The lowest BCUT2D eigenvalue weighted by atomic mass is 9.97. The maximum atomic E-state index is 5.82. The van der Waals surface area contributed by atoms with Gasteiger partial charge in [-0.05, 0) is 55.6 Å². The first-order valence-corrected chi connectivity index (χ1v) is 7.69. The molecule has 21 heavy (non-hydrogen) atoms. The van der Waals surface area contributed by atoms with Crippen LogP contribution in [0.2, 0.25) is 0 Å². The zero-order valence-electron chi connectivity index (χ0n) is 12.7. The molecule has 1 fully saturated rings. The van der Waals surface area contributed by atoms with Crippen molar-refractivity contribution in [3.63, 3.8) is 0 Å². The van der Waals surface area contributed by atoms with E-state index in [9.17, 15) is 0 Å². The smallest absolute Gasteiger partial charge is 0.119 e. The first-order chi connectivity index (χ1) is 10.3. The van der Waals surface area contributed by atoms with E-state index in [-0.39, 0.29) is 6.04 Å². The number of nitrogens with one attached hydrogen (secondary N) is 1. The van der Waals surface area contributed by atoms with Gasteiger partial charge < -0.3 is 10.1 Å². The standard InChI is InChI=1S/C18H22N2O/c1-3-19-18(17-5-4-12-20-13(17)2)14-6-8-15(9-7-14)21-16-10-11-16/h4-9,12,16,18-19H,3,10-11H2,1-2H3. The van der Waals surface area contributed by atoms with Crippen molar-refractivity contribution in [3.05, 3.63) is 59.4 Å². The number of rotatable bonds is 6. The Hall–Kier alpha value is -1.87. The van der Waals surface area contributed by atoms with E-state index in [1.807, 2.05) is 12.3 Å². The lowest BCUT2D eigenvalue weighted by Gasteiger charge is -2.20. The van der Waals surface area contributed by atoms with E-state index < -0.39 is 0 Å². The van der Waals surface area contributed by atoms with Crippen LogP contribution in [0.25, 0.3) is 0 Å². The topological polar surface area (TPSA) is 34.1 Å². The first-order valence-electron chi connectivity index (χ1n) is 7.69. The molecule has 3 heteroatoms. The van der Waals surface area contributed by atoms with Crippen LogP contribution in [0.15, 0.2) is 42.6 Å². The molecule has 0 aliphatic heterocycles. The molecule has 1 saturated carbocycles. The molecule has 0 amide bonds. The van der Waals surface area contributed by atoms with Gasteiger partial charge in [0.1, 0.15) is 5.75 Å². The summed E-state index contributed by atoms with van der Waals surface area (Å²) in [5, 5.41) is 3.55.